The van der Waals surface area contributed by atoms with Gasteiger partial charge in [0.05, 0.1) is 13.2 Å². The van der Waals surface area contributed by atoms with Gasteiger partial charge in [-0.1, -0.05) is 24.3 Å². The zero-order valence-corrected chi connectivity index (χ0v) is 14.9. The molecule has 116 valence electrons. The van der Waals surface area contributed by atoms with E-state index in [0.29, 0.717) is 0 Å². The molecule has 3 nitrogen and oxygen atoms in total. The van der Waals surface area contributed by atoms with Gasteiger partial charge in [0.25, 0.3) is 0 Å². The molecule has 1 aromatic heterocycles. The minimum atomic E-state index is 0. The molecule has 0 amide bonds. The number of rotatable bonds is 3. The standard InChI is InChI=1S/C18H21N2O.HI/c1-19-10-8-17(9-11-19)3-2-16-4-6-18(7-5-16)20-12-14-21-15-13-20;/h2-11H,12-15H2,1H3;1H/q+1;/p-1. The Labute approximate surface area is 149 Å². The second-order valence-electron chi connectivity index (χ2n) is 5.32. The molecule has 2 aromatic rings. The van der Waals surface area contributed by atoms with Crippen LogP contribution in [0.25, 0.3) is 12.2 Å². The van der Waals surface area contributed by atoms with Gasteiger partial charge in [-0.2, -0.15) is 0 Å². The largest absolute Gasteiger partial charge is 1.00 e. The van der Waals surface area contributed by atoms with E-state index >= 15 is 0 Å². The Kier molecular flexibility index (Phi) is 6.39. The fourth-order valence-electron chi connectivity index (χ4n) is 2.43. The molecule has 0 aliphatic carbocycles. The second kappa shape index (κ2) is 8.29. The molecular formula is C18H21IN2O. The Hall–Kier alpha value is -1.40. The zero-order chi connectivity index (χ0) is 14.5. The summed E-state index contributed by atoms with van der Waals surface area (Å²) in [5.41, 5.74) is 3.72. The fraction of sp³-hybridized carbons (Fsp3) is 0.278. The van der Waals surface area contributed by atoms with Crippen molar-refractivity contribution in [3.63, 3.8) is 0 Å². The maximum atomic E-state index is 5.39. The highest BCUT2D eigenvalue weighted by Gasteiger charge is 2.10. The van der Waals surface area contributed by atoms with E-state index in [1.165, 1.54) is 16.8 Å². The van der Waals surface area contributed by atoms with E-state index in [0.717, 1.165) is 26.3 Å². The van der Waals surface area contributed by atoms with Gasteiger partial charge in [0.1, 0.15) is 7.05 Å². The highest BCUT2D eigenvalue weighted by molar-refractivity contribution is 5.70. The van der Waals surface area contributed by atoms with E-state index < -0.39 is 0 Å². The number of nitrogens with zero attached hydrogens (tertiary/aromatic N) is 2. The topological polar surface area (TPSA) is 16.4 Å². The summed E-state index contributed by atoms with van der Waals surface area (Å²) in [6.45, 7) is 3.62. The average molecular weight is 408 g/mol. The molecule has 1 aromatic carbocycles. The summed E-state index contributed by atoms with van der Waals surface area (Å²) in [6, 6.07) is 12.9. The van der Waals surface area contributed by atoms with Crippen LogP contribution in [0.5, 0.6) is 0 Å². The zero-order valence-electron chi connectivity index (χ0n) is 12.8. The van der Waals surface area contributed by atoms with Gasteiger partial charge in [-0.15, -0.1) is 0 Å². The van der Waals surface area contributed by atoms with Crippen molar-refractivity contribution in [2.75, 3.05) is 31.2 Å². The quantitative estimate of drug-likeness (QED) is 0.504. The third kappa shape index (κ3) is 4.55. The van der Waals surface area contributed by atoms with E-state index in [2.05, 4.69) is 65.8 Å². The summed E-state index contributed by atoms with van der Waals surface area (Å²) < 4.78 is 7.42. The number of aryl methyl sites for hydroxylation is 1. The van der Waals surface area contributed by atoms with Gasteiger partial charge in [0.2, 0.25) is 0 Å². The molecule has 1 fully saturated rings. The van der Waals surface area contributed by atoms with E-state index in [1.807, 2.05) is 11.6 Å². The number of ether oxygens (including phenoxy) is 1. The number of hydrogen-bond donors (Lipinski definition) is 0. The molecule has 1 aliphatic rings. The lowest BCUT2D eigenvalue weighted by molar-refractivity contribution is -0.671. The molecule has 0 unspecified atom stereocenters. The molecule has 0 N–H and O–H groups in total. The average Bonchev–Trinajstić information content (AvgIpc) is 2.56. The molecule has 22 heavy (non-hydrogen) atoms. The van der Waals surface area contributed by atoms with Gasteiger partial charge in [0.15, 0.2) is 12.4 Å². The second-order valence-corrected chi connectivity index (χ2v) is 5.32. The SMILES string of the molecule is C[n+]1ccc(/C=C/c2ccc(N3CCOCC3)cc2)cc1.[I-]. The number of pyridine rings is 1. The number of aromatic nitrogens is 1. The van der Waals surface area contributed by atoms with Crippen LogP contribution in [-0.2, 0) is 11.8 Å². The maximum Gasteiger partial charge on any atom is 0.169 e. The van der Waals surface area contributed by atoms with E-state index in [4.69, 9.17) is 4.74 Å². The van der Waals surface area contributed by atoms with Gasteiger partial charge < -0.3 is 33.6 Å². The molecule has 0 atom stereocenters. The Morgan fingerprint density at radius 2 is 1.45 bits per heavy atom. The fourth-order valence-corrected chi connectivity index (χ4v) is 2.43. The molecule has 2 heterocycles. The smallest absolute Gasteiger partial charge is 0.169 e. The number of benzene rings is 1. The summed E-state index contributed by atoms with van der Waals surface area (Å²) >= 11 is 0. The molecule has 0 saturated carbocycles. The van der Waals surface area contributed by atoms with Crippen molar-refractivity contribution in [2.45, 2.75) is 0 Å². The predicted octanol–water partition coefficient (Wildman–Crippen LogP) is -0.478. The first-order chi connectivity index (χ1) is 10.3. The highest BCUT2D eigenvalue weighted by atomic mass is 127. The van der Waals surface area contributed by atoms with Crippen molar-refractivity contribution in [1.29, 1.82) is 0 Å². The third-order valence-electron chi connectivity index (χ3n) is 3.74. The van der Waals surface area contributed by atoms with Crippen molar-refractivity contribution < 1.29 is 33.3 Å². The van der Waals surface area contributed by atoms with Crippen LogP contribution < -0.4 is 33.4 Å². The maximum absolute atomic E-state index is 5.39. The van der Waals surface area contributed by atoms with Crippen molar-refractivity contribution in [3.05, 3.63) is 59.9 Å². The molecule has 1 saturated heterocycles. The van der Waals surface area contributed by atoms with E-state index in [-0.39, 0.29) is 24.0 Å². The molecule has 0 radical (unpaired) electrons. The summed E-state index contributed by atoms with van der Waals surface area (Å²) in [4.78, 5) is 2.37. The summed E-state index contributed by atoms with van der Waals surface area (Å²) in [5.74, 6) is 0. The molecule has 0 bridgehead atoms. The van der Waals surface area contributed by atoms with Gasteiger partial charge in [-0.25, -0.2) is 4.57 Å². The van der Waals surface area contributed by atoms with E-state index in [1.54, 1.807) is 0 Å². The Balaban J connectivity index is 0.00000176. The predicted molar refractivity (Wildman–Crippen MR) is 86.0 cm³/mol. The van der Waals surface area contributed by atoms with Crippen LogP contribution in [0.2, 0.25) is 0 Å². The molecule has 3 rings (SSSR count). The summed E-state index contributed by atoms with van der Waals surface area (Å²) in [5, 5.41) is 0. The minimum Gasteiger partial charge on any atom is -1.00 e. The minimum absolute atomic E-state index is 0. The Morgan fingerprint density at radius 3 is 2.05 bits per heavy atom. The summed E-state index contributed by atoms with van der Waals surface area (Å²) in [6.07, 6.45) is 8.41. The first-order valence-electron chi connectivity index (χ1n) is 7.37. The van der Waals surface area contributed by atoms with E-state index in [9.17, 15) is 0 Å². The monoisotopic (exact) mass is 408 g/mol. The Bertz CT molecular complexity index is 602. The third-order valence-corrected chi connectivity index (χ3v) is 3.74. The highest BCUT2D eigenvalue weighted by Crippen LogP contribution is 2.17. The molecular weight excluding hydrogens is 387 g/mol. The van der Waals surface area contributed by atoms with Crippen LogP contribution in [0.4, 0.5) is 5.69 Å². The molecule has 1 aliphatic heterocycles. The first kappa shape index (κ1) is 17.0. The normalized spacial score (nSPS) is 14.9. The van der Waals surface area contributed by atoms with Crippen LogP contribution in [-0.4, -0.2) is 26.3 Å². The Morgan fingerprint density at radius 1 is 0.909 bits per heavy atom. The number of hydrogen-bond acceptors (Lipinski definition) is 2. The van der Waals surface area contributed by atoms with Crippen molar-refractivity contribution in [1.82, 2.24) is 0 Å². The lowest BCUT2D eigenvalue weighted by Gasteiger charge is -2.28. The van der Waals surface area contributed by atoms with Crippen LogP contribution in [0.15, 0.2) is 48.8 Å². The molecule has 0 spiro atoms. The van der Waals surface area contributed by atoms with Crippen LogP contribution in [0, 0.1) is 0 Å². The van der Waals surface area contributed by atoms with Crippen LogP contribution in [0.1, 0.15) is 11.1 Å². The van der Waals surface area contributed by atoms with Crippen molar-refractivity contribution in [2.24, 2.45) is 7.05 Å². The van der Waals surface area contributed by atoms with Gasteiger partial charge in [-0.05, 0) is 23.3 Å². The molecule has 4 heteroatoms. The van der Waals surface area contributed by atoms with Crippen LogP contribution in [0.3, 0.4) is 0 Å². The van der Waals surface area contributed by atoms with Crippen LogP contribution >= 0.6 is 0 Å². The number of anilines is 1. The lowest BCUT2D eigenvalue weighted by Crippen LogP contribution is -3.00. The first-order valence-corrected chi connectivity index (χ1v) is 7.37. The van der Waals surface area contributed by atoms with Crippen molar-refractivity contribution >= 4 is 17.8 Å². The summed E-state index contributed by atoms with van der Waals surface area (Å²) in [7, 11) is 2.03. The number of halogens is 1. The number of morpholine rings is 1. The van der Waals surface area contributed by atoms with Gasteiger partial charge >= 0.3 is 0 Å². The van der Waals surface area contributed by atoms with Gasteiger partial charge in [-0.3, -0.25) is 0 Å². The van der Waals surface area contributed by atoms with Gasteiger partial charge in [0, 0.05) is 30.9 Å². The van der Waals surface area contributed by atoms with Crippen molar-refractivity contribution in [3.8, 4) is 0 Å². The lowest BCUT2D eigenvalue weighted by atomic mass is 10.1.